The van der Waals surface area contributed by atoms with Gasteiger partial charge in [0.05, 0.1) is 75.5 Å². The summed E-state index contributed by atoms with van der Waals surface area (Å²) in [6, 6.07) is 15.2. The number of nitriles is 1. The summed E-state index contributed by atoms with van der Waals surface area (Å²) in [7, 11) is 3.07. The Kier molecular flexibility index (Phi) is 21.4. The number of nitrogens with one attached hydrogen (secondary N) is 3. The molecule has 2 aromatic heterocycles. The fourth-order valence-corrected chi connectivity index (χ4v) is 11.2. The molecule has 78 heavy (non-hydrogen) atoms. The maximum absolute atomic E-state index is 14.0. The van der Waals surface area contributed by atoms with Gasteiger partial charge in [-0.1, -0.05) is 100 Å². The molecule has 0 saturated carbocycles. The SMILES string of the molecule is COc1cc(Nc2c(C#N)cnc3cc(OCCCN4CCN(C(=O)CCCCCCCCCC(=O)NC(C(=O)N5C[C@H](O)C[C@H]5C(=O)NCc5ccc(-c6scnc6C)cc5)C(C)(C)C)CC4)c(OC)cc23)c(Cl)cc1Cl. The van der Waals surface area contributed by atoms with E-state index in [0.717, 1.165) is 86.3 Å². The smallest absolute Gasteiger partial charge is 0.246 e. The number of unbranched alkanes of at least 4 members (excludes halogenated alkanes) is 6. The van der Waals surface area contributed by atoms with Gasteiger partial charge in [0.2, 0.25) is 23.6 Å². The van der Waals surface area contributed by atoms with Crippen molar-refractivity contribution < 1.29 is 38.5 Å². The first-order chi connectivity index (χ1) is 37.5. The number of benzene rings is 3. The fraction of sp³-hybridized carbons (Fsp3) is 0.500. The lowest BCUT2D eigenvalue weighted by atomic mass is 9.85. The number of aliphatic hydroxyl groups excluding tert-OH is 1. The number of pyridine rings is 1. The number of aryl methyl sites for hydroxylation is 1. The second-order valence-corrected chi connectivity index (χ2v) is 22.8. The Balaban J connectivity index is 0.749. The summed E-state index contributed by atoms with van der Waals surface area (Å²) >= 11 is 14.3. The summed E-state index contributed by atoms with van der Waals surface area (Å²) < 4.78 is 17.3. The van der Waals surface area contributed by atoms with Crippen LogP contribution < -0.4 is 30.2 Å². The number of aliphatic hydroxyl groups is 1. The Bertz CT molecular complexity index is 2920. The van der Waals surface area contributed by atoms with Crippen molar-refractivity contribution in [3.63, 3.8) is 0 Å². The third-order valence-corrected chi connectivity index (χ3v) is 16.0. The number of amides is 4. The minimum absolute atomic E-state index is 0.0221. The summed E-state index contributed by atoms with van der Waals surface area (Å²) in [5.41, 5.74) is 6.05. The van der Waals surface area contributed by atoms with Gasteiger partial charge in [-0.3, -0.25) is 29.1 Å². The van der Waals surface area contributed by atoms with E-state index in [1.54, 1.807) is 42.7 Å². The molecule has 17 nitrogen and oxygen atoms in total. The molecule has 2 aliphatic heterocycles. The first kappa shape index (κ1) is 59.4. The lowest BCUT2D eigenvalue weighted by Crippen LogP contribution is -2.57. The Morgan fingerprint density at radius 1 is 0.872 bits per heavy atom. The molecule has 3 atom stereocenters. The Hall–Kier alpha value is -6.23. The Labute approximate surface area is 471 Å². The molecule has 5 aromatic rings. The quantitative estimate of drug-likeness (QED) is 0.0402. The number of piperazine rings is 1. The van der Waals surface area contributed by atoms with E-state index in [4.69, 9.17) is 37.4 Å². The summed E-state index contributed by atoms with van der Waals surface area (Å²) in [4.78, 5) is 69.5. The van der Waals surface area contributed by atoms with Crippen LogP contribution in [0.25, 0.3) is 21.3 Å². The molecule has 0 spiro atoms. The number of likely N-dealkylation sites (tertiary alicyclic amines) is 1. The van der Waals surface area contributed by atoms with Crippen LogP contribution >= 0.6 is 34.5 Å². The summed E-state index contributed by atoms with van der Waals surface area (Å²) in [6.45, 7) is 12.2. The van der Waals surface area contributed by atoms with Crippen LogP contribution in [0.5, 0.6) is 17.2 Å². The predicted molar refractivity (Wildman–Crippen MR) is 306 cm³/mol. The first-order valence-corrected chi connectivity index (χ1v) is 28.5. The van der Waals surface area contributed by atoms with E-state index < -0.39 is 23.6 Å². The normalized spacial score (nSPS) is 16.2. The highest BCUT2D eigenvalue weighted by Gasteiger charge is 2.44. The molecule has 2 aliphatic rings. The second kappa shape index (κ2) is 28.1. The average Bonchev–Trinajstić information content (AvgIpc) is 4.05. The molecule has 4 heterocycles. The van der Waals surface area contributed by atoms with Gasteiger partial charge in [0.15, 0.2) is 11.5 Å². The number of β-amino-alcohol motifs (C(OH)–C–C–N with tert-alkyl or cyclic N) is 1. The topological polar surface area (TPSA) is 212 Å². The lowest BCUT2D eigenvalue weighted by Gasteiger charge is -2.35. The molecule has 7 rings (SSSR count). The van der Waals surface area contributed by atoms with Gasteiger partial charge in [-0.25, -0.2) is 4.98 Å². The van der Waals surface area contributed by atoms with Crippen molar-refractivity contribution >= 4 is 80.4 Å². The third-order valence-electron chi connectivity index (χ3n) is 14.4. The Morgan fingerprint density at radius 2 is 1.56 bits per heavy atom. The van der Waals surface area contributed by atoms with E-state index in [2.05, 4.69) is 36.9 Å². The predicted octanol–water partition coefficient (Wildman–Crippen LogP) is 9.84. The van der Waals surface area contributed by atoms with Crippen molar-refractivity contribution in [1.29, 1.82) is 5.26 Å². The van der Waals surface area contributed by atoms with E-state index in [0.29, 0.717) is 87.7 Å². The number of aromatic nitrogens is 2. The number of anilines is 2. The van der Waals surface area contributed by atoms with E-state index in [-0.39, 0.29) is 49.6 Å². The molecule has 4 N–H and O–H groups in total. The molecular formula is C58H73Cl2N9O8S. The number of ether oxygens (including phenoxy) is 3. The Morgan fingerprint density at radius 3 is 2.22 bits per heavy atom. The van der Waals surface area contributed by atoms with Crippen LogP contribution in [0.4, 0.5) is 11.4 Å². The lowest BCUT2D eigenvalue weighted by molar-refractivity contribution is -0.144. The maximum Gasteiger partial charge on any atom is 0.246 e. The average molecular weight is 1130 g/mol. The minimum atomic E-state index is -0.866. The van der Waals surface area contributed by atoms with Gasteiger partial charge in [0.1, 0.15) is 23.9 Å². The zero-order valence-electron chi connectivity index (χ0n) is 45.6. The number of fused-ring (bicyclic) bond motifs is 1. The minimum Gasteiger partial charge on any atom is -0.495 e. The van der Waals surface area contributed by atoms with E-state index in [9.17, 15) is 29.5 Å². The molecule has 418 valence electrons. The molecule has 0 radical (unpaired) electrons. The van der Waals surface area contributed by atoms with Crippen LogP contribution in [0.1, 0.15) is 108 Å². The number of nitrogens with zero attached hydrogens (tertiary/aromatic N) is 6. The summed E-state index contributed by atoms with van der Waals surface area (Å²) in [5, 5.41) is 31.1. The van der Waals surface area contributed by atoms with Crippen molar-refractivity contribution in [2.24, 2.45) is 5.41 Å². The van der Waals surface area contributed by atoms with Crippen molar-refractivity contribution in [1.82, 2.24) is 35.3 Å². The molecule has 2 saturated heterocycles. The summed E-state index contributed by atoms with van der Waals surface area (Å²) in [5.74, 6) is 0.733. The number of halogens is 2. The van der Waals surface area contributed by atoms with Crippen LogP contribution in [0.2, 0.25) is 10.0 Å². The van der Waals surface area contributed by atoms with Gasteiger partial charge in [0, 0.05) is 88.8 Å². The fourth-order valence-electron chi connectivity index (χ4n) is 9.92. The highest BCUT2D eigenvalue weighted by molar-refractivity contribution is 7.13. The number of carbonyl (C=O) groups is 4. The van der Waals surface area contributed by atoms with Crippen LogP contribution in [0, 0.1) is 23.7 Å². The highest BCUT2D eigenvalue weighted by atomic mass is 35.5. The van der Waals surface area contributed by atoms with E-state index in [1.807, 2.05) is 62.4 Å². The monoisotopic (exact) mass is 1130 g/mol. The van der Waals surface area contributed by atoms with Crippen molar-refractivity contribution in [2.45, 2.75) is 123 Å². The van der Waals surface area contributed by atoms with Gasteiger partial charge in [-0.2, -0.15) is 5.26 Å². The molecule has 0 bridgehead atoms. The number of hydrogen-bond acceptors (Lipinski definition) is 14. The van der Waals surface area contributed by atoms with Crippen molar-refractivity contribution in [3.05, 3.63) is 87.1 Å². The van der Waals surface area contributed by atoms with Crippen LogP contribution in [0.15, 0.2) is 60.2 Å². The standard InChI is InChI=1S/C58H73Cl2N9O8S/c1-37-54(78-36-64-37)39-19-17-38(18-20-39)33-63-56(73)47-27-41(70)35-69(47)57(74)55(58(2,3)4)66-51(71)15-12-10-8-7-9-11-13-16-52(72)68-24-22-67(23-25-68)21-14-26-77-50-30-45-42(28-49(50)76-6)53(40(32-61)34-62-45)65-46-31-48(75-5)44(60)29-43(46)59/h17-20,28-31,34,36,41,47,55,70H,7-16,21-27,33,35H2,1-6H3,(H,62,65)(H,63,73)(H,66,71)/t41-,47+,55?/m1/s1. The number of hydrogen-bond donors (Lipinski definition) is 4. The van der Waals surface area contributed by atoms with Gasteiger partial charge < -0.3 is 45.1 Å². The number of rotatable bonds is 25. The molecule has 1 unspecified atom stereocenters. The van der Waals surface area contributed by atoms with Crippen LogP contribution in [-0.2, 0) is 25.7 Å². The van der Waals surface area contributed by atoms with Crippen LogP contribution in [-0.4, -0.2) is 132 Å². The second-order valence-electron chi connectivity index (χ2n) is 21.1. The molecule has 0 aliphatic carbocycles. The number of methoxy groups -OCH3 is 2. The van der Waals surface area contributed by atoms with E-state index in [1.165, 1.54) is 18.2 Å². The largest absolute Gasteiger partial charge is 0.495 e. The van der Waals surface area contributed by atoms with Gasteiger partial charge in [0.25, 0.3) is 0 Å². The van der Waals surface area contributed by atoms with Crippen molar-refractivity contribution in [3.8, 4) is 33.8 Å². The molecule has 20 heteroatoms. The van der Waals surface area contributed by atoms with E-state index >= 15 is 0 Å². The zero-order valence-corrected chi connectivity index (χ0v) is 47.9. The number of carbonyl (C=O) groups excluding carboxylic acids is 4. The number of thiazole rings is 1. The third kappa shape index (κ3) is 15.7. The zero-order chi connectivity index (χ0) is 55.9. The molecule has 3 aromatic carbocycles. The van der Waals surface area contributed by atoms with Gasteiger partial charge >= 0.3 is 0 Å². The van der Waals surface area contributed by atoms with Crippen LogP contribution in [0.3, 0.4) is 0 Å². The maximum atomic E-state index is 14.0. The van der Waals surface area contributed by atoms with Crippen molar-refractivity contribution in [2.75, 3.05) is 65.4 Å². The highest BCUT2D eigenvalue weighted by Crippen LogP contribution is 2.41. The molecule has 2 fully saturated rings. The summed E-state index contributed by atoms with van der Waals surface area (Å²) in [6.07, 6.45) is 8.76. The molecular weight excluding hydrogens is 1050 g/mol. The first-order valence-electron chi connectivity index (χ1n) is 26.9. The van der Waals surface area contributed by atoms with Gasteiger partial charge in [-0.15, -0.1) is 11.3 Å². The van der Waals surface area contributed by atoms with Gasteiger partial charge in [-0.05, 0) is 54.9 Å². The molecule has 4 amide bonds.